The van der Waals surface area contributed by atoms with Crippen LogP contribution in [-0.4, -0.2) is 69.1 Å². The van der Waals surface area contributed by atoms with Gasteiger partial charge in [-0.1, -0.05) is 18.2 Å². The molecular formula is C13H18O7. The summed E-state index contributed by atoms with van der Waals surface area (Å²) in [5.41, 5.74) is 0.283. The van der Waals surface area contributed by atoms with E-state index in [4.69, 9.17) is 14.9 Å². The fraction of sp³-hybridized carbons (Fsp3) is 0.462. The number of benzene rings is 1. The maximum absolute atomic E-state index is 11.6. The highest BCUT2D eigenvalue weighted by molar-refractivity contribution is 5.89. The first-order valence-corrected chi connectivity index (χ1v) is 6.02. The molecule has 5 N–H and O–H groups in total. The topological polar surface area (TPSA) is 127 Å². The van der Waals surface area contributed by atoms with Gasteiger partial charge in [-0.25, -0.2) is 4.79 Å². The van der Waals surface area contributed by atoms with Crippen LogP contribution in [0.4, 0.5) is 0 Å². The third-order valence-corrected chi connectivity index (χ3v) is 2.72. The van der Waals surface area contributed by atoms with Gasteiger partial charge in [-0.05, 0) is 12.1 Å². The van der Waals surface area contributed by atoms with Crippen LogP contribution in [0.1, 0.15) is 10.4 Å². The van der Waals surface area contributed by atoms with Crippen LogP contribution >= 0.6 is 0 Å². The van der Waals surface area contributed by atoms with Crippen LogP contribution in [0.3, 0.4) is 0 Å². The molecule has 7 heteroatoms. The van der Waals surface area contributed by atoms with Crippen LogP contribution < -0.4 is 0 Å². The zero-order chi connectivity index (χ0) is 15.1. The molecular weight excluding hydrogens is 268 g/mol. The van der Waals surface area contributed by atoms with Gasteiger partial charge < -0.3 is 30.3 Å². The lowest BCUT2D eigenvalue weighted by Crippen LogP contribution is -2.47. The lowest BCUT2D eigenvalue weighted by molar-refractivity contribution is -0.124. The predicted molar refractivity (Wildman–Crippen MR) is 67.8 cm³/mol. The van der Waals surface area contributed by atoms with Crippen molar-refractivity contribution in [2.45, 2.75) is 24.4 Å². The fourth-order valence-corrected chi connectivity index (χ4v) is 1.48. The van der Waals surface area contributed by atoms with E-state index in [1.54, 1.807) is 18.2 Å². The summed E-state index contributed by atoms with van der Waals surface area (Å²) in [5, 5.41) is 46.2. The fourth-order valence-electron chi connectivity index (χ4n) is 1.48. The lowest BCUT2D eigenvalue weighted by Gasteiger charge is -2.25. The van der Waals surface area contributed by atoms with Crippen LogP contribution in [0, 0.1) is 0 Å². The summed E-state index contributed by atoms with van der Waals surface area (Å²) in [6.45, 7) is -1.32. The van der Waals surface area contributed by atoms with Crippen LogP contribution in [0.15, 0.2) is 30.3 Å². The number of aliphatic hydroxyl groups excluding tert-OH is 5. The van der Waals surface area contributed by atoms with Gasteiger partial charge in [0.15, 0.2) is 0 Å². The van der Waals surface area contributed by atoms with Crippen LogP contribution in [0.2, 0.25) is 0 Å². The number of carbonyl (C=O) groups excluding carboxylic acids is 1. The first kappa shape index (κ1) is 16.5. The summed E-state index contributed by atoms with van der Waals surface area (Å²) in [6.07, 6.45) is -6.67. The summed E-state index contributed by atoms with van der Waals surface area (Å²) in [7, 11) is 0. The molecule has 0 amide bonds. The van der Waals surface area contributed by atoms with E-state index in [2.05, 4.69) is 0 Å². The van der Waals surface area contributed by atoms with Crippen molar-refractivity contribution in [1.82, 2.24) is 0 Å². The van der Waals surface area contributed by atoms with E-state index in [0.717, 1.165) is 0 Å². The lowest BCUT2D eigenvalue weighted by atomic mass is 10.0. The van der Waals surface area contributed by atoms with Crippen molar-refractivity contribution in [2.24, 2.45) is 0 Å². The molecule has 0 aliphatic rings. The van der Waals surface area contributed by atoms with E-state index in [1.165, 1.54) is 12.1 Å². The Hall–Kier alpha value is -1.51. The highest BCUT2D eigenvalue weighted by atomic mass is 16.5. The molecule has 20 heavy (non-hydrogen) atoms. The van der Waals surface area contributed by atoms with E-state index in [0.29, 0.717) is 0 Å². The number of hydrogen-bond acceptors (Lipinski definition) is 7. The van der Waals surface area contributed by atoms with Gasteiger partial charge in [-0.3, -0.25) is 0 Å². The van der Waals surface area contributed by atoms with E-state index < -0.39 is 43.6 Å². The number of aliphatic hydroxyl groups is 5. The van der Waals surface area contributed by atoms with Crippen molar-refractivity contribution < 1.29 is 35.1 Å². The normalized spacial score (nSPS) is 17.1. The molecule has 1 aromatic carbocycles. The van der Waals surface area contributed by atoms with E-state index in [1.807, 2.05) is 0 Å². The molecule has 7 nitrogen and oxygen atoms in total. The van der Waals surface area contributed by atoms with E-state index in [-0.39, 0.29) is 5.56 Å². The quantitative estimate of drug-likeness (QED) is 0.377. The summed E-state index contributed by atoms with van der Waals surface area (Å²) in [4.78, 5) is 11.6. The molecule has 4 atom stereocenters. The number of rotatable bonds is 7. The maximum atomic E-state index is 11.6. The Morgan fingerprint density at radius 1 is 1.00 bits per heavy atom. The molecule has 0 aromatic heterocycles. The molecule has 0 spiro atoms. The smallest absolute Gasteiger partial charge is 0.338 e. The number of carbonyl (C=O) groups is 1. The van der Waals surface area contributed by atoms with E-state index >= 15 is 0 Å². The third kappa shape index (κ3) is 4.55. The molecule has 0 unspecified atom stereocenters. The molecule has 0 bridgehead atoms. The minimum atomic E-state index is -1.75. The molecule has 0 heterocycles. The summed E-state index contributed by atoms with van der Waals surface area (Å²) in [6, 6.07) is 8.06. The summed E-state index contributed by atoms with van der Waals surface area (Å²) < 4.78 is 4.77. The van der Waals surface area contributed by atoms with Crippen molar-refractivity contribution in [3.8, 4) is 0 Å². The molecule has 0 aliphatic carbocycles. The highest BCUT2D eigenvalue weighted by Gasteiger charge is 2.30. The second kappa shape index (κ2) is 7.93. The highest BCUT2D eigenvalue weighted by Crippen LogP contribution is 2.07. The van der Waals surface area contributed by atoms with Crippen molar-refractivity contribution in [2.75, 3.05) is 13.2 Å². The average molecular weight is 286 g/mol. The van der Waals surface area contributed by atoms with Gasteiger partial charge in [-0.15, -0.1) is 0 Å². The Bertz CT molecular complexity index is 408. The molecule has 1 rings (SSSR count). The van der Waals surface area contributed by atoms with Gasteiger partial charge in [0.1, 0.15) is 31.0 Å². The van der Waals surface area contributed by atoms with Gasteiger partial charge in [0.05, 0.1) is 12.2 Å². The van der Waals surface area contributed by atoms with E-state index in [9.17, 15) is 20.1 Å². The standard InChI is InChI=1S/C13H18O7/c14-6-9(15)11(17)12(18)10(16)7-20-13(19)8-4-2-1-3-5-8/h1-5,9-12,14-18H,6-7H2/t9-,10+,11+,12+/m0/s1. The summed E-state index contributed by atoms with van der Waals surface area (Å²) in [5.74, 6) is -0.686. The van der Waals surface area contributed by atoms with Crippen molar-refractivity contribution in [3.05, 3.63) is 35.9 Å². The minimum Gasteiger partial charge on any atom is -0.459 e. The Morgan fingerprint density at radius 2 is 1.55 bits per heavy atom. The van der Waals surface area contributed by atoms with Gasteiger partial charge in [0, 0.05) is 0 Å². The first-order chi connectivity index (χ1) is 9.47. The predicted octanol–water partition coefficient (Wildman–Crippen LogP) is -1.72. The first-order valence-electron chi connectivity index (χ1n) is 6.02. The van der Waals surface area contributed by atoms with Gasteiger partial charge in [0.2, 0.25) is 0 Å². The molecule has 0 radical (unpaired) electrons. The summed E-state index contributed by atoms with van der Waals surface area (Å²) >= 11 is 0. The van der Waals surface area contributed by atoms with Crippen molar-refractivity contribution in [1.29, 1.82) is 0 Å². The van der Waals surface area contributed by atoms with Gasteiger partial charge >= 0.3 is 5.97 Å². The van der Waals surface area contributed by atoms with Crippen LogP contribution in [-0.2, 0) is 4.74 Å². The Morgan fingerprint density at radius 3 is 2.10 bits per heavy atom. The second-order valence-electron chi connectivity index (χ2n) is 4.26. The molecule has 0 aliphatic heterocycles. The largest absolute Gasteiger partial charge is 0.459 e. The van der Waals surface area contributed by atoms with Crippen molar-refractivity contribution >= 4 is 5.97 Å². The number of ether oxygens (including phenoxy) is 1. The molecule has 0 saturated carbocycles. The SMILES string of the molecule is O=C(OC[C@@H](O)[C@@H](O)[C@H](O)[C@@H](O)CO)c1ccccc1. The average Bonchev–Trinajstić information content (AvgIpc) is 2.50. The maximum Gasteiger partial charge on any atom is 0.338 e. The minimum absolute atomic E-state index is 0.283. The Kier molecular flexibility index (Phi) is 6.56. The third-order valence-electron chi connectivity index (χ3n) is 2.72. The van der Waals surface area contributed by atoms with Gasteiger partial charge in [0.25, 0.3) is 0 Å². The Balaban J connectivity index is 2.47. The molecule has 0 saturated heterocycles. The number of hydrogen-bond donors (Lipinski definition) is 5. The molecule has 1 aromatic rings. The van der Waals surface area contributed by atoms with Crippen LogP contribution in [0.25, 0.3) is 0 Å². The van der Waals surface area contributed by atoms with Gasteiger partial charge in [-0.2, -0.15) is 0 Å². The molecule has 0 fully saturated rings. The zero-order valence-electron chi connectivity index (χ0n) is 10.7. The monoisotopic (exact) mass is 286 g/mol. The van der Waals surface area contributed by atoms with Crippen molar-refractivity contribution in [3.63, 3.8) is 0 Å². The Labute approximate surface area is 115 Å². The zero-order valence-corrected chi connectivity index (χ0v) is 10.7. The van der Waals surface area contributed by atoms with Crippen LogP contribution in [0.5, 0.6) is 0 Å². The molecule has 112 valence electrons. The second-order valence-corrected chi connectivity index (χ2v) is 4.26. The number of esters is 1.